The number of esters is 2. The third-order valence-corrected chi connectivity index (χ3v) is 8.10. The van der Waals surface area contributed by atoms with Crippen molar-refractivity contribution in [1.29, 1.82) is 0 Å². The SMILES string of the molecule is C1=CC2OC2C1.COC(=O)CCCc1cccc(Br)c1O.COC(=O)CCCc1cccc(Br)c1OC1C=CC(O)C1. The van der Waals surface area contributed by atoms with Crippen molar-refractivity contribution < 1.29 is 38.7 Å². The minimum atomic E-state index is -0.430. The van der Waals surface area contributed by atoms with Gasteiger partial charge in [0.05, 0.1) is 35.4 Å². The molecule has 2 N–H and O–H groups in total. The highest BCUT2D eigenvalue weighted by Crippen LogP contribution is 2.33. The Morgan fingerprint density at radius 2 is 1.52 bits per heavy atom. The van der Waals surface area contributed by atoms with E-state index < -0.39 is 6.10 Å². The van der Waals surface area contributed by atoms with Gasteiger partial charge in [-0.2, -0.15) is 0 Å². The van der Waals surface area contributed by atoms with Gasteiger partial charge in [0.2, 0.25) is 0 Å². The largest absolute Gasteiger partial charge is 0.506 e. The summed E-state index contributed by atoms with van der Waals surface area (Å²) in [6, 6.07) is 11.3. The second-order valence-corrected chi connectivity index (χ2v) is 11.7. The summed E-state index contributed by atoms with van der Waals surface area (Å²) in [5.74, 6) is 0.618. The molecule has 4 unspecified atom stereocenters. The number of halogens is 2. The maximum Gasteiger partial charge on any atom is 0.305 e. The first-order valence-corrected chi connectivity index (χ1v) is 15.5. The van der Waals surface area contributed by atoms with Crippen molar-refractivity contribution in [1.82, 2.24) is 0 Å². The predicted octanol–water partition coefficient (Wildman–Crippen LogP) is 6.38. The van der Waals surface area contributed by atoms with Gasteiger partial charge in [0, 0.05) is 19.3 Å². The predicted molar refractivity (Wildman–Crippen MR) is 166 cm³/mol. The number of aryl methyl sites for hydroxylation is 2. The van der Waals surface area contributed by atoms with E-state index in [1.54, 1.807) is 12.1 Å². The van der Waals surface area contributed by atoms with E-state index in [1.165, 1.54) is 14.2 Å². The first-order chi connectivity index (χ1) is 20.2. The topological polar surface area (TPSA) is 115 Å². The van der Waals surface area contributed by atoms with Crippen molar-refractivity contribution >= 4 is 43.8 Å². The first-order valence-electron chi connectivity index (χ1n) is 13.9. The highest BCUT2D eigenvalue weighted by atomic mass is 79.9. The molecule has 0 radical (unpaired) electrons. The smallest absolute Gasteiger partial charge is 0.305 e. The number of phenolic OH excluding ortho intramolecular Hbond substituents is 1. The number of carbonyl (C=O) groups excluding carboxylic acids is 2. The lowest BCUT2D eigenvalue weighted by Crippen LogP contribution is -2.15. The molecule has 2 aromatic rings. The van der Waals surface area contributed by atoms with E-state index in [9.17, 15) is 19.8 Å². The normalized spacial score (nSPS) is 20.9. The second kappa shape index (κ2) is 17.5. The molecular weight excluding hydrogens is 672 g/mol. The van der Waals surface area contributed by atoms with Gasteiger partial charge in [0.15, 0.2) is 0 Å². The Morgan fingerprint density at radius 3 is 2.02 bits per heavy atom. The van der Waals surface area contributed by atoms with Crippen molar-refractivity contribution in [2.24, 2.45) is 0 Å². The number of rotatable bonds is 10. The summed E-state index contributed by atoms with van der Waals surface area (Å²) >= 11 is 6.74. The number of ether oxygens (including phenoxy) is 4. The number of para-hydroxylation sites is 2. The fourth-order valence-electron chi connectivity index (χ4n) is 4.44. The van der Waals surface area contributed by atoms with E-state index in [0.717, 1.165) is 34.2 Å². The van der Waals surface area contributed by atoms with Crippen LogP contribution in [0.4, 0.5) is 0 Å². The highest BCUT2D eigenvalue weighted by molar-refractivity contribution is 9.10. The molecule has 1 fully saturated rings. The van der Waals surface area contributed by atoms with E-state index >= 15 is 0 Å². The number of hydrogen-bond acceptors (Lipinski definition) is 8. The molecule has 1 heterocycles. The summed E-state index contributed by atoms with van der Waals surface area (Å²) in [6.45, 7) is 0. The Kier molecular flexibility index (Phi) is 14.1. The number of benzene rings is 2. The molecule has 0 saturated carbocycles. The van der Waals surface area contributed by atoms with Crippen LogP contribution in [0.2, 0.25) is 0 Å². The number of epoxide rings is 1. The Balaban J connectivity index is 0.000000198. The lowest BCUT2D eigenvalue weighted by atomic mass is 10.1. The molecule has 0 bridgehead atoms. The molecule has 10 heteroatoms. The number of carbonyl (C=O) groups is 2. The average Bonchev–Trinajstić information content (AvgIpc) is 3.35. The minimum absolute atomic E-state index is 0.113. The molecular formula is C32H38Br2O8. The zero-order chi connectivity index (χ0) is 30.5. The summed E-state index contributed by atoms with van der Waals surface area (Å²) in [6.07, 6.45) is 13.8. The van der Waals surface area contributed by atoms with E-state index in [-0.39, 0.29) is 23.8 Å². The van der Waals surface area contributed by atoms with E-state index in [1.807, 2.05) is 36.4 Å². The van der Waals surface area contributed by atoms with Gasteiger partial charge in [-0.25, -0.2) is 0 Å². The van der Waals surface area contributed by atoms with Crippen LogP contribution in [0.15, 0.2) is 69.6 Å². The Hall–Kier alpha value is -2.66. The van der Waals surface area contributed by atoms with Crippen molar-refractivity contribution in [3.8, 4) is 11.5 Å². The minimum Gasteiger partial charge on any atom is -0.506 e. The van der Waals surface area contributed by atoms with Crippen LogP contribution in [0.25, 0.3) is 0 Å². The number of phenols is 1. The number of fused-ring (bicyclic) bond motifs is 1. The van der Waals surface area contributed by atoms with Crippen LogP contribution < -0.4 is 4.74 Å². The Bertz CT molecular complexity index is 1250. The maximum atomic E-state index is 11.2. The third kappa shape index (κ3) is 11.2. The van der Waals surface area contributed by atoms with Gasteiger partial charge < -0.3 is 29.2 Å². The number of aromatic hydroxyl groups is 1. The standard InChI is InChI=1S/C16H19BrO4.C11H13BrO3.C5H6O/c1-20-15(19)7-3-5-11-4-2-6-14(17)16(11)21-13-9-8-12(18)10-13;1-15-10(13)7-3-5-8-4-2-6-9(12)11(8)14;1-2-4-5(3-1)6-4/h2,4,6,8-9,12-13,18H,3,5,7,10H2,1H3;2,4,6,14H,3,5,7H2,1H3;1-2,4-5H,3H2. The van der Waals surface area contributed by atoms with Crippen molar-refractivity contribution in [3.05, 3.63) is 80.8 Å². The van der Waals surface area contributed by atoms with Gasteiger partial charge in [-0.05, 0) is 93.3 Å². The van der Waals surface area contributed by atoms with Crippen LogP contribution in [-0.4, -0.2) is 60.8 Å². The fraction of sp³-hybridized carbons (Fsp3) is 0.438. The van der Waals surface area contributed by atoms with Crippen LogP contribution in [-0.2, 0) is 36.6 Å². The van der Waals surface area contributed by atoms with Gasteiger partial charge >= 0.3 is 11.9 Å². The summed E-state index contributed by atoms with van der Waals surface area (Å²) in [5, 5.41) is 19.2. The lowest BCUT2D eigenvalue weighted by Gasteiger charge is -2.17. The lowest BCUT2D eigenvalue weighted by molar-refractivity contribution is -0.141. The van der Waals surface area contributed by atoms with Crippen LogP contribution in [0.3, 0.4) is 0 Å². The van der Waals surface area contributed by atoms with E-state index in [2.05, 4.69) is 53.5 Å². The van der Waals surface area contributed by atoms with E-state index in [0.29, 0.717) is 55.2 Å². The zero-order valence-corrected chi connectivity index (χ0v) is 27.0. The van der Waals surface area contributed by atoms with Crippen LogP contribution in [0.1, 0.15) is 49.7 Å². The fourth-order valence-corrected chi connectivity index (χ4v) is 5.35. The summed E-state index contributed by atoms with van der Waals surface area (Å²) in [7, 11) is 2.77. The zero-order valence-electron chi connectivity index (χ0n) is 23.8. The van der Waals surface area contributed by atoms with Gasteiger partial charge in [-0.15, -0.1) is 0 Å². The first kappa shape index (κ1) is 33.8. The van der Waals surface area contributed by atoms with Gasteiger partial charge in [0.1, 0.15) is 23.7 Å². The molecule has 228 valence electrons. The monoisotopic (exact) mass is 708 g/mol. The van der Waals surface area contributed by atoms with Crippen molar-refractivity contribution in [2.45, 2.75) is 75.8 Å². The van der Waals surface area contributed by atoms with E-state index in [4.69, 9.17) is 9.47 Å². The summed E-state index contributed by atoms with van der Waals surface area (Å²) in [4.78, 5) is 22.0. The Labute approximate surface area is 264 Å². The molecule has 42 heavy (non-hydrogen) atoms. The van der Waals surface area contributed by atoms with Crippen molar-refractivity contribution in [2.75, 3.05) is 14.2 Å². The average molecular weight is 710 g/mol. The molecule has 3 aliphatic rings. The molecule has 2 aliphatic carbocycles. The van der Waals surface area contributed by atoms with Gasteiger partial charge in [-0.3, -0.25) is 9.59 Å². The number of aliphatic hydroxyl groups excluding tert-OH is 1. The van der Waals surface area contributed by atoms with Gasteiger partial charge in [0.25, 0.3) is 0 Å². The second-order valence-electron chi connectivity index (χ2n) is 9.98. The van der Waals surface area contributed by atoms with Crippen molar-refractivity contribution in [3.63, 3.8) is 0 Å². The van der Waals surface area contributed by atoms with Crippen LogP contribution in [0, 0.1) is 0 Å². The molecule has 0 amide bonds. The molecule has 1 saturated heterocycles. The van der Waals surface area contributed by atoms with Gasteiger partial charge in [-0.1, -0.05) is 42.5 Å². The Morgan fingerprint density at radius 1 is 0.905 bits per heavy atom. The van der Waals surface area contributed by atoms with Crippen LogP contribution >= 0.6 is 31.9 Å². The molecule has 0 aromatic heterocycles. The summed E-state index contributed by atoms with van der Waals surface area (Å²) < 4.78 is 21.8. The maximum absolute atomic E-state index is 11.2. The molecule has 1 aliphatic heterocycles. The number of methoxy groups -OCH3 is 2. The third-order valence-electron chi connectivity index (χ3n) is 6.84. The quantitative estimate of drug-likeness (QED) is 0.166. The molecule has 8 nitrogen and oxygen atoms in total. The molecule has 5 rings (SSSR count). The molecule has 4 atom stereocenters. The van der Waals surface area contributed by atoms with Crippen LogP contribution in [0.5, 0.6) is 11.5 Å². The molecule has 0 spiro atoms. The highest BCUT2D eigenvalue weighted by Gasteiger charge is 2.38. The number of hydrogen-bond donors (Lipinski definition) is 2. The molecule has 2 aromatic carbocycles. The summed E-state index contributed by atoms with van der Waals surface area (Å²) in [5.41, 5.74) is 1.89. The number of aliphatic hydroxyl groups is 1.